The summed E-state index contributed by atoms with van der Waals surface area (Å²) in [5, 5.41) is 4.02. The summed E-state index contributed by atoms with van der Waals surface area (Å²) >= 11 is 6.06. The summed E-state index contributed by atoms with van der Waals surface area (Å²) in [6.07, 6.45) is 2.40. The normalized spacial score (nSPS) is 20.0. The average Bonchev–Trinajstić information content (AvgIpc) is 2.38. The van der Waals surface area contributed by atoms with Gasteiger partial charge in [-0.3, -0.25) is 0 Å². The molecule has 0 aliphatic carbocycles. The standard InChI is InChI=1S/C13H18ClNO2/c1-16-13-5-4-11(7-12(13)14)15-8-10-3-2-6-17-9-10/h4-5,7,10,15H,2-3,6,8-9H2,1H3. The predicted octanol–water partition coefficient (Wildman–Crippen LogP) is 3.19. The van der Waals surface area contributed by atoms with E-state index in [1.165, 1.54) is 6.42 Å². The Kier molecular flexibility index (Phi) is 4.51. The summed E-state index contributed by atoms with van der Waals surface area (Å²) in [5.41, 5.74) is 1.03. The molecule has 94 valence electrons. The fourth-order valence-electron chi connectivity index (χ4n) is 2.01. The van der Waals surface area contributed by atoms with E-state index in [4.69, 9.17) is 21.1 Å². The maximum Gasteiger partial charge on any atom is 0.137 e. The van der Waals surface area contributed by atoms with Crippen LogP contribution in [0.25, 0.3) is 0 Å². The van der Waals surface area contributed by atoms with Crippen molar-refractivity contribution in [3.8, 4) is 5.75 Å². The van der Waals surface area contributed by atoms with Crippen LogP contribution in [0.1, 0.15) is 12.8 Å². The Bertz CT molecular complexity index is 364. The van der Waals surface area contributed by atoms with Crippen molar-refractivity contribution in [1.29, 1.82) is 0 Å². The van der Waals surface area contributed by atoms with E-state index in [0.29, 0.717) is 16.7 Å². The Hall–Kier alpha value is -0.930. The van der Waals surface area contributed by atoms with Crippen LogP contribution in [0.4, 0.5) is 5.69 Å². The van der Waals surface area contributed by atoms with Gasteiger partial charge in [0.1, 0.15) is 5.75 Å². The van der Waals surface area contributed by atoms with Crippen molar-refractivity contribution in [2.24, 2.45) is 5.92 Å². The summed E-state index contributed by atoms with van der Waals surface area (Å²) < 4.78 is 10.6. The van der Waals surface area contributed by atoms with E-state index < -0.39 is 0 Å². The lowest BCUT2D eigenvalue weighted by molar-refractivity contribution is 0.0595. The minimum absolute atomic E-state index is 0.602. The number of halogens is 1. The molecule has 1 saturated heterocycles. The lowest BCUT2D eigenvalue weighted by atomic mass is 10.0. The molecular formula is C13H18ClNO2. The Morgan fingerprint density at radius 3 is 3.06 bits per heavy atom. The number of ether oxygens (including phenoxy) is 2. The molecule has 0 aromatic heterocycles. The fourth-order valence-corrected chi connectivity index (χ4v) is 2.26. The Morgan fingerprint density at radius 2 is 2.41 bits per heavy atom. The second-order valence-electron chi connectivity index (χ2n) is 4.31. The van der Waals surface area contributed by atoms with E-state index in [1.54, 1.807) is 7.11 Å². The van der Waals surface area contributed by atoms with Gasteiger partial charge in [0.15, 0.2) is 0 Å². The first-order chi connectivity index (χ1) is 8.29. The summed E-state index contributed by atoms with van der Waals surface area (Å²) in [5.74, 6) is 1.31. The number of hydrogen-bond acceptors (Lipinski definition) is 3. The minimum Gasteiger partial charge on any atom is -0.495 e. The van der Waals surface area contributed by atoms with Crippen LogP contribution in [-0.2, 0) is 4.74 Å². The van der Waals surface area contributed by atoms with Crippen molar-refractivity contribution < 1.29 is 9.47 Å². The molecule has 0 radical (unpaired) electrons. The number of methoxy groups -OCH3 is 1. The van der Waals surface area contributed by atoms with Crippen molar-refractivity contribution >= 4 is 17.3 Å². The van der Waals surface area contributed by atoms with Crippen LogP contribution in [0.3, 0.4) is 0 Å². The second-order valence-corrected chi connectivity index (χ2v) is 4.72. The van der Waals surface area contributed by atoms with E-state index >= 15 is 0 Å². The van der Waals surface area contributed by atoms with Gasteiger partial charge in [-0.1, -0.05) is 11.6 Å². The summed E-state index contributed by atoms with van der Waals surface area (Å²) in [6.45, 7) is 2.70. The van der Waals surface area contributed by atoms with Crippen molar-refractivity contribution in [2.75, 3.05) is 32.2 Å². The third kappa shape index (κ3) is 3.51. The van der Waals surface area contributed by atoms with Crippen molar-refractivity contribution in [3.63, 3.8) is 0 Å². The molecule has 0 saturated carbocycles. The van der Waals surface area contributed by atoms with E-state index in [9.17, 15) is 0 Å². The van der Waals surface area contributed by atoms with Crippen LogP contribution >= 0.6 is 11.6 Å². The first-order valence-electron chi connectivity index (χ1n) is 5.95. The minimum atomic E-state index is 0.602. The molecule has 1 aromatic carbocycles. The van der Waals surface area contributed by atoms with Gasteiger partial charge in [-0.2, -0.15) is 0 Å². The average molecular weight is 256 g/mol. The highest BCUT2D eigenvalue weighted by Crippen LogP contribution is 2.27. The molecule has 1 aliphatic heterocycles. The fraction of sp³-hybridized carbons (Fsp3) is 0.538. The van der Waals surface area contributed by atoms with Crippen LogP contribution in [0.2, 0.25) is 5.02 Å². The van der Waals surface area contributed by atoms with Crippen LogP contribution in [-0.4, -0.2) is 26.9 Å². The maximum absolute atomic E-state index is 6.06. The molecule has 4 heteroatoms. The summed E-state index contributed by atoms with van der Waals surface area (Å²) in [6, 6.07) is 5.75. The largest absolute Gasteiger partial charge is 0.495 e. The SMILES string of the molecule is COc1ccc(NCC2CCCOC2)cc1Cl. The molecule has 17 heavy (non-hydrogen) atoms. The topological polar surface area (TPSA) is 30.5 Å². The predicted molar refractivity (Wildman–Crippen MR) is 70.0 cm³/mol. The van der Waals surface area contributed by atoms with E-state index in [-0.39, 0.29) is 0 Å². The molecule has 0 bridgehead atoms. The van der Waals surface area contributed by atoms with E-state index in [2.05, 4.69) is 5.32 Å². The zero-order valence-corrected chi connectivity index (χ0v) is 10.8. The molecule has 1 unspecified atom stereocenters. The van der Waals surface area contributed by atoms with Gasteiger partial charge >= 0.3 is 0 Å². The molecule has 1 aromatic rings. The highest BCUT2D eigenvalue weighted by Gasteiger charge is 2.13. The lowest BCUT2D eigenvalue weighted by Gasteiger charge is -2.22. The third-order valence-corrected chi connectivity index (χ3v) is 3.30. The van der Waals surface area contributed by atoms with Crippen molar-refractivity contribution in [2.45, 2.75) is 12.8 Å². The molecule has 1 fully saturated rings. The Morgan fingerprint density at radius 1 is 1.53 bits per heavy atom. The number of rotatable bonds is 4. The quantitative estimate of drug-likeness (QED) is 0.896. The van der Waals surface area contributed by atoms with Crippen molar-refractivity contribution in [3.05, 3.63) is 23.2 Å². The molecule has 3 nitrogen and oxygen atoms in total. The summed E-state index contributed by atoms with van der Waals surface area (Å²) in [4.78, 5) is 0. The molecule has 0 spiro atoms. The van der Waals surface area contributed by atoms with Crippen LogP contribution < -0.4 is 10.1 Å². The van der Waals surface area contributed by atoms with Crippen LogP contribution in [0.5, 0.6) is 5.75 Å². The molecule has 2 rings (SSSR count). The van der Waals surface area contributed by atoms with Crippen LogP contribution in [0, 0.1) is 5.92 Å². The zero-order chi connectivity index (χ0) is 12.1. The van der Waals surface area contributed by atoms with Gasteiger partial charge < -0.3 is 14.8 Å². The maximum atomic E-state index is 6.06. The Balaban J connectivity index is 1.87. The first-order valence-corrected chi connectivity index (χ1v) is 6.32. The second kappa shape index (κ2) is 6.12. The molecule has 1 N–H and O–H groups in total. The molecule has 1 heterocycles. The zero-order valence-electron chi connectivity index (χ0n) is 10.0. The van der Waals surface area contributed by atoms with Gasteiger partial charge in [-0.15, -0.1) is 0 Å². The first kappa shape index (κ1) is 12.5. The number of hydrogen-bond donors (Lipinski definition) is 1. The number of nitrogens with one attached hydrogen (secondary N) is 1. The molecule has 1 aliphatic rings. The van der Waals surface area contributed by atoms with Gasteiger partial charge in [-0.25, -0.2) is 0 Å². The van der Waals surface area contributed by atoms with Gasteiger partial charge in [0.25, 0.3) is 0 Å². The van der Waals surface area contributed by atoms with Gasteiger partial charge in [-0.05, 0) is 37.0 Å². The van der Waals surface area contributed by atoms with E-state index in [0.717, 1.165) is 31.9 Å². The lowest BCUT2D eigenvalue weighted by Crippen LogP contribution is -2.24. The van der Waals surface area contributed by atoms with Crippen molar-refractivity contribution in [1.82, 2.24) is 0 Å². The molecule has 0 amide bonds. The third-order valence-electron chi connectivity index (χ3n) is 3.00. The number of benzene rings is 1. The highest BCUT2D eigenvalue weighted by atomic mass is 35.5. The Labute approximate surface area is 107 Å². The monoisotopic (exact) mass is 255 g/mol. The van der Waals surface area contributed by atoms with Gasteiger partial charge in [0.2, 0.25) is 0 Å². The molecular weight excluding hydrogens is 238 g/mol. The molecule has 1 atom stereocenters. The highest BCUT2D eigenvalue weighted by molar-refractivity contribution is 6.32. The summed E-state index contributed by atoms with van der Waals surface area (Å²) in [7, 11) is 1.62. The smallest absolute Gasteiger partial charge is 0.137 e. The van der Waals surface area contributed by atoms with Gasteiger partial charge in [0.05, 0.1) is 18.7 Å². The van der Waals surface area contributed by atoms with E-state index in [1.807, 2.05) is 18.2 Å². The van der Waals surface area contributed by atoms with Crippen LogP contribution in [0.15, 0.2) is 18.2 Å². The van der Waals surface area contributed by atoms with Gasteiger partial charge in [0, 0.05) is 18.8 Å². The number of anilines is 1.